The highest BCUT2D eigenvalue weighted by Crippen LogP contribution is 2.45. The van der Waals surface area contributed by atoms with E-state index in [0.29, 0.717) is 10.0 Å². The second-order valence-corrected chi connectivity index (χ2v) is 11.2. The van der Waals surface area contributed by atoms with E-state index in [4.69, 9.17) is 51.1 Å². The summed E-state index contributed by atoms with van der Waals surface area (Å²) in [6, 6.07) is 13.8. The number of amides is 3. The fraction of sp³-hybridized carbons (Fsp3) is 0.0333. The molecule has 0 aromatic heterocycles. The zero-order chi connectivity index (χ0) is 35.0. The number of carbonyl (C=O) groups excluding carboxylic acids is 5. The van der Waals surface area contributed by atoms with Gasteiger partial charge in [0.2, 0.25) is 0 Å². The molecule has 242 valence electrons. The van der Waals surface area contributed by atoms with Crippen LogP contribution >= 0.6 is 46.4 Å². The van der Waals surface area contributed by atoms with Crippen molar-refractivity contribution in [1.82, 2.24) is 10.0 Å². The molecule has 0 unspecified atom stereocenters. The first-order chi connectivity index (χ1) is 22.7. The van der Waals surface area contributed by atoms with Gasteiger partial charge in [-0.2, -0.15) is 5.01 Å². The third-order valence-electron chi connectivity index (χ3n) is 6.87. The smallest absolute Gasteiger partial charge is 0.343 e. The minimum absolute atomic E-state index is 0.00731. The van der Waals surface area contributed by atoms with E-state index < -0.39 is 67.0 Å². The Bertz CT molecular complexity index is 2020. The van der Waals surface area contributed by atoms with Crippen LogP contribution in [-0.4, -0.2) is 55.9 Å². The predicted octanol–water partition coefficient (Wildman–Crippen LogP) is 6.87. The van der Waals surface area contributed by atoms with Crippen molar-refractivity contribution in [3.63, 3.8) is 0 Å². The highest BCUT2D eigenvalue weighted by Gasteiger charge is 2.46. The Kier molecular flexibility index (Phi) is 9.45. The second-order valence-electron chi connectivity index (χ2n) is 9.74. The average Bonchev–Trinajstić information content (AvgIpc) is 3.34. The fourth-order valence-corrected chi connectivity index (χ4v) is 5.50. The Balaban J connectivity index is 1.44. The molecule has 1 heterocycles. The molecule has 3 amide bonds. The number of nitro groups is 2. The van der Waals surface area contributed by atoms with Crippen LogP contribution in [-0.2, 0) is 0 Å². The molecule has 0 N–H and O–H groups in total. The van der Waals surface area contributed by atoms with Crippen molar-refractivity contribution in [2.45, 2.75) is 0 Å². The van der Waals surface area contributed by atoms with E-state index in [1.807, 2.05) is 0 Å². The van der Waals surface area contributed by atoms with Crippen molar-refractivity contribution in [1.29, 1.82) is 0 Å². The molecular weight excluding hydrogens is 718 g/mol. The fourth-order valence-electron chi connectivity index (χ4n) is 4.49. The number of nitro benzene ring substituents is 2. The van der Waals surface area contributed by atoms with Gasteiger partial charge >= 0.3 is 5.97 Å². The molecule has 5 rings (SSSR count). The van der Waals surface area contributed by atoms with Crippen LogP contribution in [0.5, 0.6) is 5.75 Å². The molecule has 1 aliphatic heterocycles. The maximum atomic E-state index is 13.7. The van der Waals surface area contributed by atoms with E-state index in [-0.39, 0.29) is 43.9 Å². The molecular formula is C30H14Cl4N4O10. The van der Waals surface area contributed by atoms with Gasteiger partial charge < -0.3 is 4.74 Å². The quantitative estimate of drug-likeness (QED) is 0.0257. The topological polar surface area (TPSA) is 187 Å². The number of hydrazine groups is 1. The lowest BCUT2D eigenvalue weighted by Gasteiger charge is -2.29. The number of carbonyl (C=O) groups is 5. The van der Waals surface area contributed by atoms with E-state index >= 15 is 0 Å². The third kappa shape index (κ3) is 6.29. The summed E-state index contributed by atoms with van der Waals surface area (Å²) in [4.78, 5) is 87.5. The second kappa shape index (κ2) is 13.4. The van der Waals surface area contributed by atoms with E-state index in [9.17, 15) is 44.2 Å². The number of esters is 1. The normalized spacial score (nSPS) is 12.0. The number of ether oxygens (including phenoxy) is 1. The van der Waals surface area contributed by atoms with Gasteiger partial charge in [-0.15, -0.1) is 0 Å². The summed E-state index contributed by atoms with van der Waals surface area (Å²) in [5, 5.41) is 21.3. The number of Topliss-reactive ketones (excluding diaryl/α,β-unsaturated/α-hetero) is 1. The number of nitrogens with zero attached hydrogens (tertiary/aromatic N) is 4. The number of halogens is 4. The Morgan fingerprint density at radius 3 is 1.50 bits per heavy atom. The van der Waals surface area contributed by atoms with Crippen LogP contribution in [0.25, 0.3) is 0 Å². The summed E-state index contributed by atoms with van der Waals surface area (Å²) in [5.74, 6) is -5.04. The van der Waals surface area contributed by atoms with Gasteiger partial charge in [0.15, 0.2) is 5.78 Å². The number of imide groups is 1. The van der Waals surface area contributed by atoms with Gasteiger partial charge in [0.05, 0.1) is 46.6 Å². The predicted molar refractivity (Wildman–Crippen MR) is 170 cm³/mol. The Morgan fingerprint density at radius 2 is 1.06 bits per heavy atom. The van der Waals surface area contributed by atoms with E-state index in [1.54, 1.807) is 0 Å². The average molecular weight is 732 g/mol. The van der Waals surface area contributed by atoms with Crippen molar-refractivity contribution < 1.29 is 38.6 Å². The third-order valence-corrected chi connectivity index (χ3v) is 8.68. The van der Waals surface area contributed by atoms with Gasteiger partial charge in [0, 0.05) is 35.4 Å². The van der Waals surface area contributed by atoms with Crippen LogP contribution in [0.15, 0.2) is 72.8 Å². The molecule has 14 nitrogen and oxygen atoms in total. The maximum absolute atomic E-state index is 13.7. The van der Waals surface area contributed by atoms with E-state index in [0.717, 1.165) is 36.4 Å². The van der Waals surface area contributed by atoms with Crippen molar-refractivity contribution in [3.05, 3.63) is 141 Å². The molecule has 0 atom stereocenters. The van der Waals surface area contributed by atoms with E-state index in [1.165, 1.54) is 36.4 Å². The number of rotatable bonds is 9. The molecule has 0 saturated heterocycles. The summed E-state index contributed by atoms with van der Waals surface area (Å²) < 4.78 is 5.25. The van der Waals surface area contributed by atoms with Crippen LogP contribution in [0.4, 0.5) is 11.4 Å². The number of hydrogen-bond donors (Lipinski definition) is 0. The van der Waals surface area contributed by atoms with Crippen LogP contribution in [0, 0.1) is 20.2 Å². The standard InChI is InChI=1S/C30H14Cl4N4O10/c31-23-21-22(24(32)26(34)25(23)33)29(42)36(28(21)41)35(27(40)15-1-7-17(8-2-15)37(44)45)13-20(39)14-5-11-19(12-6-14)48-30(43)16-3-9-18(10-4-16)38(46)47/h1-12H,13H2. The number of hydrogen-bond acceptors (Lipinski definition) is 10. The summed E-state index contributed by atoms with van der Waals surface area (Å²) in [6.45, 7) is -0.917. The van der Waals surface area contributed by atoms with Crippen LogP contribution < -0.4 is 4.74 Å². The number of benzene rings is 4. The molecule has 0 aliphatic carbocycles. The summed E-state index contributed by atoms with van der Waals surface area (Å²) in [7, 11) is 0. The first-order valence-corrected chi connectivity index (χ1v) is 14.6. The lowest BCUT2D eigenvalue weighted by molar-refractivity contribution is -0.385. The lowest BCUT2D eigenvalue weighted by Crippen LogP contribution is -2.51. The van der Waals surface area contributed by atoms with Crippen LogP contribution in [0.2, 0.25) is 20.1 Å². The summed E-state index contributed by atoms with van der Waals surface area (Å²) >= 11 is 24.6. The zero-order valence-electron chi connectivity index (χ0n) is 23.5. The SMILES string of the molecule is O=C(CN(C(=O)c1ccc([N+](=O)[O-])cc1)N1C(=O)c2c(Cl)c(Cl)c(Cl)c(Cl)c2C1=O)c1ccc(OC(=O)c2ccc([N+](=O)[O-])cc2)cc1. The van der Waals surface area contributed by atoms with Gasteiger partial charge in [-0.05, 0) is 48.5 Å². The first kappa shape index (κ1) is 33.9. The molecule has 0 radical (unpaired) electrons. The molecule has 4 aromatic carbocycles. The highest BCUT2D eigenvalue weighted by atomic mass is 35.5. The van der Waals surface area contributed by atoms with Crippen molar-refractivity contribution in [2.75, 3.05) is 6.54 Å². The first-order valence-electron chi connectivity index (χ1n) is 13.1. The maximum Gasteiger partial charge on any atom is 0.343 e. The molecule has 0 bridgehead atoms. The Hall–Kier alpha value is -5.41. The molecule has 0 spiro atoms. The monoisotopic (exact) mass is 730 g/mol. The largest absolute Gasteiger partial charge is 0.423 e. The minimum Gasteiger partial charge on any atom is -0.423 e. The van der Waals surface area contributed by atoms with Crippen molar-refractivity contribution >= 4 is 87.3 Å². The summed E-state index contributed by atoms with van der Waals surface area (Å²) in [6.07, 6.45) is 0. The van der Waals surface area contributed by atoms with Crippen LogP contribution in [0.1, 0.15) is 51.8 Å². The molecule has 18 heteroatoms. The molecule has 0 fully saturated rings. The van der Waals surface area contributed by atoms with Gasteiger partial charge in [0.25, 0.3) is 29.1 Å². The molecule has 1 aliphatic rings. The van der Waals surface area contributed by atoms with E-state index in [2.05, 4.69) is 0 Å². The molecule has 48 heavy (non-hydrogen) atoms. The molecule has 0 saturated carbocycles. The zero-order valence-corrected chi connectivity index (χ0v) is 26.5. The van der Waals surface area contributed by atoms with Crippen molar-refractivity contribution in [3.8, 4) is 5.75 Å². The number of ketones is 1. The van der Waals surface area contributed by atoms with Gasteiger partial charge in [0.1, 0.15) is 12.3 Å². The van der Waals surface area contributed by atoms with Crippen molar-refractivity contribution in [2.24, 2.45) is 0 Å². The van der Waals surface area contributed by atoms with Gasteiger partial charge in [-0.1, -0.05) is 46.4 Å². The number of fused-ring (bicyclic) bond motifs is 1. The Morgan fingerprint density at radius 1 is 0.646 bits per heavy atom. The number of non-ortho nitro benzene ring substituents is 2. The highest BCUT2D eigenvalue weighted by molar-refractivity contribution is 6.55. The summed E-state index contributed by atoms with van der Waals surface area (Å²) in [5.41, 5.74) is -1.77. The van der Waals surface area contributed by atoms with Crippen LogP contribution in [0.3, 0.4) is 0 Å². The Labute approximate surface area is 288 Å². The minimum atomic E-state index is -1.16. The van der Waals surface area contributed by atoms with Gasteiger partial charge in [-0.25, -0.2) is 9.80 Å². The molecule has 4 aromatic rings. The lowest BCUT2D eigenvalue weighted by atomic mass is 10.1. The van der Waals surface area contributed by atoms with Gasteiger partial charge in [-0.3, -0.25) is 39.4 Å².